The van der Waals surface area contributed by atoms with Crippen molar-refractivity contribution in [2.45, 2.75) is 12.5 Å². The van der Waals surface area contributed by atoms with Crippen molar-refractivity contribution in [3.63, 3.8) is 0 Å². The van der Waals surface area contributed by atoms with Crippen LogP contribution in [-0.4, -0.2) is 9.97 Å². The third-order valence-corrected chi connectivity index (χ3v) is 2.88. The summed E-state index contributed by atoms with van der Waals surface area (Å²) < 4.78 is 0.965. The molecule has 0 aliphatic carbocycles. The summed E-state index contributed by atoms with van der Waals surface area (Å²) in [4.78, 5) is 8.42. The lowest BCUT2D eigenvalue weighted by Gasteiger charge is -2.15. The number of nitrogens with zero attached hydrogens (tertiary/aromatic N) is 2. The molecule has 0 aliphatic rings. The first-order chi connectivity index (χ1) is 8.29. The Kier molecular flexibility index (Phi) is 4.19. The van der Waals surface area contributed by atoms with Crippen molar-refractivity contribution in [2.75, 3.05) is 0 Å². The molecule has 0 spiro atoms. The lowest BCUT2D eigenvalue weighted by molar-refractivity contribution is 0.537. The topological polar surface area (TPSA) is 63.8 Å². The fraction of sp³-hybridized carbons (Fsp3) is 0.167. The Bertz CT molecular complexity index is 475. The summed E-state index contributed by atoms with van der Waals surface area (Å²) in [6.07, 6.45) is 6.10. The molecule has 17 heavy (non-hydrogen) atoms. The Morgan fingerprint density at radius 2 is 2.24 bits per heavy atom. The fourth-order valence-corrected chi connectivity index (χ4v) is 2.05. The van der Waals surface area contributed by atoms with Crippen molar-refractivity contribution in [1.82, 2.24) is 15.4 Å². The molecule has 2 heterocycles. The second-order valence-corrected chi connectivity index (χ2v) is 4.61. The molecule has 2 aromatic rings. The lowest BCUT2D eigenvalue weighted by Crippen LogP contribution is -2.30. The standard InChI is InChI=1S/C12H13BrN4/c13-10-5-9(7-15-8-10)6-12(17-14)11-3-1-2-4-16-11/h1-5,7-8,12,17H,6,14H2. The van der Waals surface area contributed by atoms with Crippen LogP contribution in [0.2, 0.25) is 0 Å². The van der Waals surface area contributed by atoms with E-state index in [0.717, 1.165) is 22.2 Å². The molecule has 3 N–H and O–H groups in total. The van der Waals surface area contributed by atoms with Crippen LogP contribution in [0, 0.1) is 0 Å². The summed E-state index contributed by atoms with van der Waals surface area (Å²) in [5, 5.41) is 0. The van der Waals surface area contributed by atoms with E-state index in [1.165, 1.54) is 0 Å². The third-order valence-electron chi connectivity index (χ3n) is 2.45. The van der Waals surface area contributed by atoms with E-state index in [4.69, 9.17) is 5.84 Å². The highest BCUT2D eigenvalue weighted by Gasteiger charge is 2.11. The van der Waals surface area contributed by atoms with E-state index in [-0.39, 0.29) is 6.04 Å². The van der Waals surface area contributed by atoms with Gasteiger partial charge in [-0.3, -0.25) is 21.2 Å². The van der Waals surface area contributed by atoms with Gasteiger partial charge in [-0.15, -0.1) is 0 Å². The fourth-order valence-electron chi connectivity index (χ4n) is 1.63. The Morgan fingerprint density at radius 1 is 1.35 bits per heavy atom. The molecule has 88 valence electrons. The van der Waals surface area contributed by atoms with Gasteiger partial charge in [-0.1, -0.05) is 6.07 Å². The smallest absolute Gasteiger partial charge is 0.0672 e. The first-order valence-electron chi connectivity index (χ1n) is 5.26. The second-order valence-electron chi connectivity index (χ2n) is 3.69. The molecule has 0 aliphatic heterocycles. The molecule has 1 atom stereocenters. The maximum atomic E-state index is 5.57. The first kappa shape index (κ1) is 12.2. The van der Waals surface area contributed by atoms with Gasteiger partial charge in [0.2, 0.25) is 0 Å². The minimum atomic E-state index is -0.00713. The summed E-state index contributed by atoms with van der Waals surface area (Å²) in [6, 6.07) is 7.81. The molecule has 0 saturated heterocycles. The molecule has 0 fully saturated rings. The number of pyridine rings is 2. The number of hydrogen-bond donors (Lipinski definition) is 2. The number of hydrazine groups is 1. The molecule has 4 nitrogen and oxygen atoms in total. The van der Waals surface area contributed by atoms with Gasteiger partial charge in [-0.2, -0.15) is 0 Å². The van der Waals surface area contributed by atoms with Gasteiger partial charge >= 0.3 is 0 Å². The number of hydrogen-bond acceptors (Lipinski definition) is 4. The zero-order valence-corrected chi connectivity index (χ0v) is 10.8. The van der Waals surface area contributed by atoms with Gasteiger partial charge in [0, 0.05) is 23.1 Å². The van der Waals surface area contributed by atoms with E-state index in [0.29, 0.717) is 0 Å². The minimum absolute atomic E-state index is 0.00713. The Morgan fingerprint density at radius 3 is 2.88 bits per heavy atom. The maximum Gasteiger partial charge on any atom is 0.0672 e. The molecular formula is C12H13BrN4. The summed E-state index contributed by atoms with van der Waals surface area (Å²) >= 11 is 3.40. The number of aromatic nitrogens is 2. The van der Waals surface area contributed by atoms with Gasteiger partial charge < -0.3 is 0 Å². The molecule has 0 aromatic carbocycles. The van der Waals surface area contributed by atoms with E-state index < -0.39 is 0 Å². The van der Waals surface area contributed by atoms with Gasteiger partial charge in [-0.25, -0.2) is 0 Å². The predicted octanol–water partition coefficient (Wildman–Crippen LogP) is 1.99. The van der Waals surface area contributed by atoms with Crippen molar-refractivity contribution >= 4 is 15.9 Å². The van der Waals surface area contributed by atoms with E-state index in [2.05, 4.69) is 31.3 Å². The first-order valence-corrected chi connectivity index (χ1v) is 6.05. The van der Waals surface area contributed by atoms with Crippen LogP contribution in [0.1, 0.15) is 17.3 Å². The van der Waals surface area contributed by atoms with Gasteiger partial charge in [0.1, 0.15) is 0 Å². The van der Waals surface area contributed by atoms with Crippen LogP contribution >= 0.6 is 15.9 Å². The van der Waals surface area contributed by atoms with Crippen molar-refractivity contribution < 1.29 is 0 Å². The number of nitrogens with one attached hydrogen (secondary N) is 1. The van der Waals surface area contributed by atoms with Crippen molar-refractivity contribution in [3.05, 3.63) is 58.6 Å². The van der Waals surface area contributed by atoms with Crippen molar-refractivity contribution in [1.29, 1.82) is 0 Å². The maximum absolute atomic E-state index is 5.57. The highest BCUT2D eigenvalue weighted by atomic mass is 79.9. The molecule has 0 amide bonds. The molecule has 0 bridgehead atoms. The Hall–Kier alpha value is -1.30. The molecule has 2 aromatic heterocycles. The third kappa shape index (κ3) is 3.33. The van der Waals surface area contributed by atoms with Crippen LogP contribution < -0.4 is 11.3 Å². The van der Waals surface area contributed by atoms with Crippen LogP contribution in [0.4, 0.5) is 0 Å². The second kappa shape index (κ2) is 5.86. The van der Waals surface area contributed by atoms with Gasteiger partial charge in [0.25, 0.3) is 0 Å². The summed E-state index contributed by atoms with van der Waals surface area (Å²) in [5.74, 6) is 5.57. The van der Waals surface area contributed by atoms with Gasteiger partial charge in [0.15, 0.2) is 0 Å². The highest BCUT2D eigenvalue weighted by Crippen LogP contribution is 2.17. The van der Waals surface area contributed by atoms with Crippen molar-refractivity contribution in [2.24, 2.45) is 5.84 Å². The number of rotatable bonds is 4. The van der Waals surface area contributed by atoms with Gasteiger partial charge in [-0.05, 0) is 46.1 Å². The summed E-state index contributed by atoms with van der Waals surface area (Å²) in [6.45, 7) is 0. The average molecular weight is 293 g/mol. The SMILES string of the molecule is NNC(Cc1cncc(Br)c1)c1ccccn1. The van der Waals surface area contributed by atoms with Crippen LogP contribution in [0.25, 0.3) is 0 Å². The van der Waals surface area contributed by atoms with Crippen LogP contribution in [0.3, 0.4) is 0 Å². The highest BCUT2D eigenvalue weighted by molar-refractivity contribution is 9.10. The van der Waals surface area contributed by atoms with Crippen LogP contribution in [0.15, 0.2) is 47.3 Å². The van der Waals surface area contributed by atoms with E-state index in [9.17, 15) is 0 Å². The van der Waals surface area contributed by atoms with E-state index in [1.807, 2.05) is 30.5 Å². The molecule has 5 heteroatoms. The van der Waals surface area contributed by atoms with E-state index in [1.54, 1.807) is 12.4 Å². The zero-order valence-electron chi connectivity index (χ0n) is 9.18. The van der Waals surface area contributed by atoms with Crippen LogP contribution in [-0.2, 0) is 6.42 Å². The average Bonchev–Trinajstić information content (AvgIpc) is 2.37. The van der Waals surface area contributed by atoms with Crippen LogP contribution in [0.5, 0.6) is 0 Å². The minimum Gasteiger partial charge on any atom is -0.271 e. The summed E-state index contributed by atoms with van der Waals surface area (Å²) in [7, 11) is 0. The van der Waals surface area contributed by atoms with E-state index >= 15 is 0 Å². The molecular weight excluding hydrogens is 280 g/mol. The largest absolute Gasteiger partial charge is 0.271 e. The molecule has 1 unspecified atom stereocenters. The zero-order chi connectivity index (χ0) is 12.1. The Balaban J connectivity index is 2.16. The number of nitrogens with two attached hydrogens (primary N) is 1. The monoisotopic (exact) mass is 292 g/mol. The van der Waals surface area contributed by atoms with Crippen molar-refractivity contribution in [3.8, 4) is 0 Å². The summed E-state index contributed by atoms with van der Waals surface area (Å²) in [5.41, 5.74) is 4.81. The lowest BCUT2D eigenvalue weighted by atomic mass is 10.1. The molecule has 0 radical (unpaired) electrons. The Labute approximate surface area is 108 Å². The normalized spacial score (nSPS) is 12.4. The molecule has 0 saturated carbocycles. The van der Waals surface area contributed by atoms with Gasteiger partial charge in [0.05, 0.1) is 11.7 Å². The predicted molar refractivity (Wildman–Crippen MR) is 69.9 cm³/mol. The quantitative estimate of drug-likeness (QED) is 0.668. The number of halogens is 1. The molecule has 2 rings (SSSR count).